The van der Waals surface area contributed by atoms with E-state index in [4.69, 9.17) is 0 Å². The lowest BCUT2D eigenvalue weighted by Crippen LogP contribution is -2.42. The predicted octanol–water partition coefficient (Wildman–Crippen LogP) is 3.32. The van der Waals surface area contributed by atoms with E-state index in [2.05, 4.69) is 25.8 Å². The van der Waals surface area contributed by atoms with Gasteiger partial charge in [0.05, 0.1) is 17.6 Å². The standard InChI is InChI=1S/C23H31N3O4S/c1-23(2,3)15-6-7-16-17(11-15)31-20-19(16)21(28)26(13-24-20)10-8-18(27)25-9-4-5-14(12-25)22(29)30/h13-15H,4-12H2,1-3H3,(H,29,30). The Morgan fingerprint density at radius 3 is 2.77 bits per heavy atom. The van der Waals surface area contributed by atoms with Crippen molar-refractivity contribution in [2.24, 2.45) is 17.3 Å². The van der Waals surface area contributed by atoms with Crippen LogP contribution in [-0.2, 0) is 29.0 Å². The third-order valence-corrected chi connectivity index (χ3v) is 8.11. The van der Waals surface area contributed by atoms with E-state index >= 15 is 0 Å². The maximum absolute atomic E-state index is 13.2. The third-order valence-electron chi connectivity index (χ3n) is 6.95. The Labute approximate surface area is 186 Å². The number of hydrogen-bond donors (Lipinski definition) is 1. The molecule has 2 aromatic rings. The molecule has 2 aromatic heterocycles. The van der Waals surface area contributed by atoms with Gasteiger partial charge >= 0.3 is 5.97 Å². The first-order valence-corrected chi connectivity index (χ1v) is 12.0. The number of likely N-dealkylation sites (tertiary alicyclic amines) is 1. The first kappa shape index (κ1) is 22.0. The van der Waals surface area contributed by atoms with Gasteiger partial charge in [-0.15, -0.1) is 11.3 Å². The highest BCUT2D eigenvalue weighted by atomic mass is 32.1. The zero-order valence-electron chi connectivity index (χ0n) is 18.5. The average molecular weight is 446 g/mol. The van der Waals surface area contributed by atoms with Gasteiger partial charge in [-0.3, -0.25) is 19.0 Å². The molecule has 1 N–H and O–H groups in total. The number of amides is 1. The van der Waals surface area contributed by atoms with Crippen molar-refractivity contribution in [1.82, 2.24) is 14.5 Å². The van der Waals surface area contributed by atoms with Gasteiger partial charge in [-0.2, -0.15) is 0 Å². The Balaban J connectivity index is 1.50. The quantitative estimate of drug-likeness (QED) is 0.779. The molecule has 1 amide bonds. The lowest BCUT2D eigenvalue weighted by molar-refractivity contribution is -0.145. The molecular formula is C23H31N3O4S. The van der Waals surface area contributed by atoms with E-state index in [0.29, 0.717) is 25.3 Å². The number of carboxylic acids is 1. The van der Waals surface area contributed by atoms with Crippen LogP contribution in [0.25, 0.3) is 10.2 Å². The van der Waals surface area contributed by atoms with Gasteiger partial charge in [0.2, 0.25) is 5.91 Å². The van der Waals surface area contributed by atoms with Gasteiger partial charge < -0.3 is 10.0 Å². The Hall–Kier alpha value is -2.22. The number of aryl methyl sites for hydroxylation is 2. The van der Waals surface area contributed by atoms with Crippen LogP contribution in [0, 0.1) is 17.3 Å². The van der Waals surface area contributed by atoms with Crippen molar-refractivity contribution in [2.75, 3.05) is 13.1 Å². The number of rotatable bonds is 4. The summed E-state index contributed by atoms with van der Waals surface area (Å²) in [4.78, 5) is 45.3. The first-order valence-electron chi connectivity index (χ1n) is 11.2. The second-order valence-corrected chi connectivity index (χ2v) is 11.1. The molecule has 2 atom stereocenters. The Kier molecular flexibility index (Phi) is 5.94. The number of nitrogens with zero attached hydrogens (tertiary/aromatic N) is 3. The van der Waals surface area contributed by atoms with E-state index in [1.54, 1.807) is 27.1 Å². The number of fused-ring (bicyclic) bond motifs is 3. The van der Waals surface area contributed by atoms with Crippen LogP contribution >= 0.6 is 11.3 Å². The van der Waals surface area contributed by atoms with E-state index < -0.39 is 11.9 Å². The SMILES string of the molecule is CC(C)(C)C1CCc2c(sc3ncn(CCC(=O)N4CCCC(C(=O)O)C4)c(=O)c23)C1. The monoisotopic (exact) mass is 445 g/mol. The number of aliphatic carboxylic acids is 1. The van der Waals surface area contributed by atoms with Crippen LogP contribution < -0.4 is 5.56 Å². The number of carbonyl (C=O) groups excluding carboxylic acids is 1. The molecule has 2 aliphatic rings. The number of aromatic nitrogens is 2. The normalized spacial score (nSPS) is 21.8. The molecule has 0 bridgehead atoms. The van der Waals surface area contributed by atoms with Crippen molar-refractivity contribution in [3.8, 4) is 0 Å². The molecule has 168 valence electrons. The van der Waals surface area contributed by atoms with E-state index in [-0.39, 0.29) is 36.4 Å². The summed E-state index contributed by atoms with van der Waals surface area (Å²) in [7, 11) is 0. The summed E-state index contributed by atoms with van der Waals surface area (Å²) in [6, 6.07) is 0. The minimum absolute atomic E-state index is 0.0634. The summed E-state index contributed by atoms with van der Waals surface area (Å²) < 4.78 is 1.54. The van der Waals surface area contributed by atoms with E-state index in [9.17, 15) is 19.5 Å². The molecule has 1 fully saturated rings. The maximum atomic E-state index is 13.2. The zero-order chi connectivity index (χ0) is 22.3. The van der Waals surface area contributed by atoms with Crippen LogP contribution in [0.3, 0.4) is 0 Å². The van der Waals surface area contributed by atoms with Crippen LogP contribution in [0.15, 0.2) is 11.1 Å². The van der Waals surface area contributed by atoms with Crippen LogP contribution in [0.1, 0.15) is 56.9 Å². The molecule has 1 saturated heterocycles. The highest BCUT2D eigenvalue weighted by Crippen LogP contribution is 2.41. The lowest BCUT2D eigenvalue weighted by atomic mass is 9.72. The zero-order valence-corrected chi connectivity index (χ0v) is 19.3. The molecule has 8 heteroatoms. The summed E-state index contributed by atoms with van der Waals surface area (Å²) in [5.74, 6) is -0.836. The summed E-state index contributed by atoms with van der Waals surface area (Å²) in [6.07, 6.45) is 6.02. The van der Waals surface area contributed by atoms with Crippen LogP contribution in [0.2, 0.25) is 0 Å². The summed E-state index contributed by atoms with van der Waals surface area (Å²) in [6.45, 7) is 7.94. The number of piperidine rings is 1. The van der Waals surface area contributed by atoms with Gasteiger partial charge in [0.25, 0.3) is 5.56 Å². The molecule has 31 heavy (non-hydrogen) atoms. The molecule has 4 rings (SSSR count). The lowest BCUT2D eigenvalue weighted by Gasteiger charge is -2.33. The Bertz CT molecular complexity index is 1070. The largest absolute Gasteiger partial charge is 0.481 e. The highest BCUT2D eigenvalue weighted by molar-refractivity contribution is 7.18. The minimum Gasteiger partial charge on any atom is -0.481 e. The van der Waals surface area contributed by atoms with E-state index in [1.807, 2.05) is 0 Å². The minimum atomic E-state index is -0.848. The van der Waals surface area contributed by atoms with Gasteiger partial charge in [0.1, 0.15) is 4.83 Å². The molecule has 7 nitrogen and oxygen atoms in total. The van der Waals surface area contributed by atoms with Crippen molar-refractivity contribution < 1.29 is 14.7 Å². The van der Waals surface area contributed by atoms with Gasteiger partial charge in [-0.25, -0.2) is 4.98 Å². The van der Waals surface area contributed by atoms with Crippen molar-refractivity contribution in [3.05, 3.63) is 27.1 Å². The van der Waals surface area contributed by atoms with Crippen LogP contribution in [-0.4, -0.2) is 44.5 Å². The van der Waals surface area contributed by atoms with Gasteiger partial charge in [0, 0.05) is 30.9 Å². The van der Waals surface area contributed by atoms with Gasteiger partial charge in [0.15, 0.2) is 0 Å². The summed E-state index contributed by atoms with van der Waals surface area (Å²) in [5, 5.41) is 9.96. The Morgan fingerprint density at radius 1 is 1.29 bits per heavy atom. The fourth-order valence-corrected chi connectivity index (χ4v) is 6.14. The second-order valence-electron chi connectivity index (χ2n) is 10.00. The molecular weight excluding hydrogens is 414 g/mol. The van der Waals surface area contributed by atoms with Crippen molar-refractivity contribution in [1.29, 1.82) is 0 Å². The summed E-state index contributed by atoms with van der Waals surface area (Å²) >= 11 is 1.64. The van der Waals surface area contributed by atoms with Crippen LogP contribution in [0.5, 0.6) is 0 Å². The third kappa shape index (κ3) is 4.40. The smallest absolute Gasteiger partial charge is 0.308 e. The van der Waals surface area contributed by atoms with Crippen molar-refractivity contribution >= 4 is 33.4 Å². The molecule has 2 unspecified atom stereocenters. The topological polar surface area (TPSA) is 92.5 Å². The fourth-order valence-electron chi connectivity index (χ4n) is 4.88. The molecule has 1 aliphatic heterocycles. The van der Waals surface area contributed by atoms with E-state index in [0.717, 1.165) is 35.0 Å². The van der Waals surface area contributed by atoms with Gasteiger partial charge in [-0.05, 0) is 49.0 Å². The average Bonchev–Trinajstić information content (AvgIpc) is 3.11. The molecule has 0 radical (unpaired) electrons. The number of thiophene rings is 1. The van der Waals surface area contributed by atoms with Crippen LogP contribution in [0.4, 0.5) is 0 Å². The molecule has 3 heterocycles. The number of hydrogen-bond acceptors (Lipinski definition) is 5. The summed E-state index contributed by atoms with van der Waals surface area (Å²) in [5.41, 5.74) is 1.33. The predicted molar refractivity (Wildman–Crippen MR) is 120 cm³/mol. The highest BCUT2D eigenvalue weighted by Gasteiger charge is 2.32. The van der Waals surface area contributed by atoms with Crippen molar-refractivity contribution in [3.63, 3.8) is 0 Å². The molecule has 0 saturated carbocycles. The fraction of sp³-hybridized carbons (Fsp3) is 0.652. The van der Waals surface area contributed by atoms with Crippen molar-refractivity contribution in [2.45, 2.75) is 65.8 Å². The number of carboxylic acid groups (broad SMARTS) is 1. The maximum Gasteiger partial charge on any atom is 0.308 e. The Morgan fingerprint density at radius 2 is 2.06 bits per heavy atom. The number of carbonyl (C=O) groups is 2. The van der Waals surface area contributed by atoms with E-state index in [1.165, 1.54) is 4.88 Å². The molecule has 0 aromatic carbocycles. The molecule has 0 spiro atoms. The second kappa shape index (κ2) is 8.37. The molecule has 1 aliphatic carbocycles. The van der Waals surface area contributed by atoms with Gasteiger partial charge in [-0.1, -0.05) is 20.8 Å². The first-order chi connectivity index (χ1) is 14.6.